The fraction of sp³-hybridized carbons (Fsp3) is 0.292. The smallest absolute Gasteiger partial charge is 0.307 e. The summed E-state index contributed by atoms with van der Waals surface area (Å²) in [5.74, 6) is 0.214. The molecule has 162 valence electrons. The minimum atomic E-state index is -0.321. The molecular weight excluding hydrogens is 430 g/mol. The van der Waals surface area contributed by atoms with Gasteiger partial charge in [0, 0.05) is 6.54 Å². The van der Waals surface area contributed by atoms with E-state index in [2.05, 4.69) is 19.1 Å². The molecule has 1 aliphatic heterocycles. The van der Waals surface area contributed by atoms with Gasteiger partial charge in [-0.05, 0) is 42.7 Å². The van der Waals surface area contributed by atoms with Crippen LogP contribution in [0, 0.1) is 6.92 Å². The van der Waals surface area contributed by atoms with Crippen molar-refractivity contribution in [3.05, 3.63) is 70.1 Å². The van der Waals surface area contributed by atoms with E-state index in [1.165, 1.54) is 22.2 Å². The Kier molecular flexibility index (Phi) is 8.26. The number of amides is 1. The second kappa shape index (κ2) is 11.1. The molecule has 5 nitrogen and oxygen atoms in total. The Bertz CT molecular complexity index is 985. The maximum absolute atomic E-state index is 12.7. The molecule has 0 N–H and O–H groups in total. The van der Waals surface area contributed by atoms with Crippen LogP contribution in [0.15, 0.2) is 53.4 Å². The molecule has 0 unspecified atom stereocenters. The molecule has 1 fully saturated rings. The third-order valence-corrected chi connectivity index (χ3v) is 5.94. The van der Waals surface area contributed by atoms with Gasteiger partial charge < -0.3 is 9.47 Å². The van der Waals surface area contributed by atoms with Gasteiger partial charge in [-0.3, -0.25) is 14.5 Å². The van der Waals surface area contributed by atoms with Crippen LogP contribution in [0.4, 0.5) is 0 Å². The van der Waals surface area contributed by atoms with E-state index >= 15 is 0 Å². The highest BCUT2D eigenvalue weighted by atomic mass is 32.2. The fourth-order valence-electron chi connectivity index (χ4n) is 2.88. The van der Waals surface area contributed by atoms with Crippen molar-refractivity contribution in [3.63, 3.8) is 0 Å². The van der Waals surface area contributed by atoms with E-state index in [1.54, 1.807) is 6.08 Å². The van der Waals surface area contributed by atoms with E-state index in [1.807, 2.05) is 43.3 Å². The molecule has 31 heavy (non-hydrogen) atoms. The number of benzene rings is 2. The summed E-state index contributed by atoms with van der Waals surface area (Å²) in [6.45, 7) is 5.07. The van der Waals surface area contributed by atoms with E-state index in [-0.39, 0.29) is 24.8 Å². The van der Waals surface area contributed by atoms with Crippen LogP contribution in [0.25, 0.3) is 6.08 Å². The highest BCUT2D eigenvalue weighted by molar-refractivity contribution is 8.26. The summed E-state index contributed by atoms with van der Waals surface area (Å²) < 4.78 is 11.4. The minimum Gasteiger partial charge on any atom is -0.489 e. The van der Waals surface area contributed by atoms with Crippen molar-refractivity contribution in [1.82, 2.24) is 4.90 Å². The molecule has 1 aliphatic rings. The largest absolute Gasteiger partial charge is 0.489 e. The van der Waals surface area contributed by atoms with Gasteiger partial charge in [-0.1, -0.05) is 72.9 Å². The summed E-state index contributed by atoms with van der Waals surface area (Å²) in [6.07, 6.45) is 2.69. The van der Waals surface area contributed by atoms with Crippen molar-refractivity contribution >= 4 is 46.3 Å². The zero-order valence-corrected chi connectivity index (χ0v) is 19.3. The number of carbonyl (C=O) groups is 2. The number of esters is 1. The SMILES string of the molecule is CCCOC(=O)CCN1C(=O)/C(=C\c2cccc(OCc3ccc(C)cc3)c2)SC1=S. The Morgan fingerprint density at radius 2 is 1.97 bits per heavy atom. The Hall–Kier alpha value is -2.64. The predicted molar refractivity (Wildman–Crippen MR) is 128 cm³/mol. The highest BCUT2D eigenvalue weighted by Gasteiger charge is 2.32. The lowest BCUT2D eigenvalue weighted by Gasteiger charge is -2.13. The quantitative estimate of drug-likeness (QED) is 0.297. The van der Waals surface area contributed by atoms with E-state index in [9.17, 15) is 9.59 Å². The monoisotopic (exact) mass is 455 g/mol. The molecule has 3 rings (SSSR count). The van der Waals surface area contributed by atoms with Gasteiger partial charge in [0.2, 0.25) is 0 Å². The molecule has 0 atom stereocenters. The third kappa shape index (κ3) is 6.67. The lowest BCUT2D eigenvalue weighted by Crippen LogP contribution is -2.30. The first-order valence-electron chi connectivity index (χ1n) is 10.2. The van der Waals surface area contributed by atoms with Crippen molar-refractivity contribution in [3.8, 4) is 5.75 Å². The van der Waals surface area contributed by atoms with Gasteiger partial charge in [0.1, 0.15) is 16.7 Å². The van der Waals surface area contributed by atoms with E-state index in [4.69, 9.17) is 21.7 Å². The summed E-state index contributed by atoms with van der Waals surface area (Å²) in [4.78, 5) is 26.4. The van der Waals surface area contributed by atoms with Crippen molar-refractivity contribution in [2.24, 2.45) is 0 Å². The van der Waals surface area contributed by atoms with Crippen molar-refractivity contribution in [2.75, 3.05) is 13.2 Å². The molecule has 2 aromatic carbocycles. The minimum absolute atomic E-state index is 0.127. The van der Waals surface area contributed by atoms with Gasteiger partial charge in [0.05, 0.1) is 17.9 Å². The number of hydrogen-bond acceptors (Lipinski definition) is 6. The third-order valence-electron chi connectivity index (χ3n) is 4.56. The average Bonchev–Trinajstić information content (AvgIpc) is 3.03. The zero-order chi connectivity index (χ0) is 22.2. The molecule has 0 saturated carbocycles. The molecule has 0 radical (unpaired) electrons. The molecule has 7 heteroatoms. The van der Waals surface area contributed by atoms with Crippen molar-refractivity contribution in [1.29, 1.82) is 0 Å². The number of thiocarbonyl (C=S) groups is 1. The number of nitrogens with zero attached hydrogens (tertiary/aromatic N) is 1. The second-order valence-corrected chi connectivity index (χ2v) is 8.83. The summed E-state index contributed by atoms with van der Waals surface area (Å²) in [7, 11) is 0. The summed E-state index contributed by atoms with van der Waals surface area (Å²) in [5.41, 5.74) is 3.15. The van der Waals surface area contributed by atoms with Crippen molar-refractivity contribution in [2.45, 2.75) is 33.3 Å². The molecule has 0 bridgehead atoms. The molecule has 0 aromatic heterocycles. The molecular formula is C24H25NO4S2. The molecule has 2 aromatic rings. The Morgan fingerprint density at radius 1 is 1.19 bits per heavy atom. The van der Waals surface area contributed by atoms with Gasteiger partial charge in [0.15, 0.2) is 0 Å². The van der Waals surface area contributed by atoms with Gasteiger partial charge in [-0.15, -0.1) is 0 Å². The average molecular weight is 456 g/mol. The first-order valence-corrected chi connectivity index (χ1v) is 11.4. The van der Waals surface area contributed by atoms with Crippen LogP contribution in [-0.2, 0) is 20.9 Å². The van der Waals surface area contributed by atoms with Crippen LogP contribution in [0.1, 0.15) is 36.5 Å². The topological polar surface area (TPSA) is 55.8 Å². The number of aryl methyl sites for hydroxylation is 1. The first kappa shape index (κ1) is 23.0. The number of hydrogen-bond donors (Lipinski definition) is 0. The van der Waals surface area contributed by atoms with Gasteiger partial charge >= 0.3 is 5.97 Å². The van der Waals surface area contributed by atoms with Crippen LogP contribution in [-0.4, -0.2) is 34.2 Å². The van der Waals surface area contributed by atoms with Crippen LogP contribution < -0.4 is 4.74 Å². The summed E-state index contributed by atoms with van der Waals surface area (Å²) >= 11 is 6.57. The molecule has 0 spiro atoms. The van der Waals surface area contributed by atoms with Crippen LogP contribution in [0.5, 0.6) is 5.75 Å². The molecule has 1 saturated heterocycles. The van der Waals surface area contributed by atoms with E-state index in [0.717, 1.165) is 23.3 Å². The highest BCUT2D eigenvalue weighted by Crippen LogP contribution is 2.33. The maximum atomic E-state index is 12.7. The Labute approximate surface area is 192 Å². The first-order chi connectivity index (χ1) is 15.0. The number of ether oxygens (including phenoxy) is 2. The Balaban J connectivity index is 1.61. The number of rotatable bonds is 9. The van der Waals surface area contributed by atoms with Crippen LogP contribution in [0.3, 0.4) is 0 Å². The Morgan fingerprint density at radius 3 is 2.71 bits per heavy atom. The lowest BCUT2D eigenvalue weighted by atomic mass is 10.1. The molecule has 1 amide bonds. The van der Waals surface area contributed by atoms with Gasteiger partial charge in [-0.25, -0.2) is 0 Å². The standard InChI is InChI=1S/C24H25NO4S2/c1-3-13-28-22(26)11-12-25-23(27)21(31-24(25)30)15-19-5-4-6-20(14-19)29-16-18-9-7-17(2)8-10-18/h4-10,14-15H,3,11-13,16H2,1-2H3/b21-15+. The van der Waals surface area contributed by atoms with Crippen molar-refractivity contribution < 1.29 is 19.1 Å². The second-order valence-electron chi connectivity index (χ2n) is 7.15. The van der Waals surface area contributed by atoms with E-state index < -0.39 is 0 Å². The van der Waals surface area contributed by atoms with Crippen LogP contribution in [0.2, 0.25) is 0 Å². The zero-order valence-electron chi connectivity index (χ0n) is 17.6. The normalized spacial score (nSPS) is 14.9. The predicted octanol–water partition coefficient (Wildman–Crippen LogP) is 5.12. The van der Waals surface area contributed by atoms with E-state index in [0.29, 0.717) is 22.4 Å². The molecule has 1 heterocycles. The van der Waals surface area contributed by atoms with Gasteiger partial charge in [0.25, 0.3) is 5.91 Å². The number of thioether (sulfide) groups is 1. The summed E-state index contributed by atoms with van der Waals surface area (Å²) in [5, 5.41) is 0. The fourth-order valence-corrected chi connectivity index (χ4v) is 4.19. The van der Waals surface area contributed by atoms with Gasteiger partial charge in [-0.2, -0.15) is 0 Å². The maximum Gasteiger partial charge on any atom is 0.307 e. The van der Waals surface area contributed by atoms with Crippen LogP contribution >= 0.6 is 24.0 Å². The number of carbonyl (C=O) groups excluding carboxylic acids is 2. The molecule has 0 aliphatic carbocycles. The lowest BCUT2D eigenvalue weighted by molar-refractivity contribution is -0.143. The summed E-state index contributed by atoms with van der Waals surface area (Å²) in [6, 6.07) is 15.8.